The number of benzene rings is 1. The number of H-pyrrole nitrogens is 1. The summed E-state index contributed by atoms with van der Waals surface area (Å²) in [5.74, 6) is -21.8. The van der Waals surface area contributed by atoms with Crippen LogP contribution in [0.1, 0.15) is 275 Å². The third kappa shape index (κ3) is 48.9. The highest BCUT2D eigenvalue weighted by Crippen LogP contribution is 2.19. The number of aromatic nitrogens is 2. The van der Waals surface area contributed by atoms with E-state index in [9.17, 15) is 102 Å². The van der Waals surface area contributed by atoms with Crippen LogP contribution in [0.3, 0.4) is 0 Å². The molecule has 0 saturated carbocycles. The number of carbonyl (C=O) groups excluding carboxylic acids is 14. The molecule has 1 heterocycles. The fourth-order valence-corrected chi connectivity index (χ4v) is 14.4. The molecule has 0 radical (unpaired) electrons. The SMILES string of the molecule is CCCCCCCCCCCCCC(=O)N[C@@H](CC(=O)O)C(=O)N[C@@H](CC(C)C)C(=O)N[C@H](C(=O)N[C@H](Cc1ccccc1)C(=O)N[C@@H](Cc1c[nH]cn1)C(=O)N[C@@H](CC(C)C)C(=O)N[C@@H](CC(C)C)C(=O)N[C@@H](CCCNC(=N)N)C(=O)N[C@@H](CCC(=O)O)C(=O)N[C@H](C(=O)N[C@@H](CC(C)C)C(=O)N[C@@H](CCC(=O)O)C(=O)N[C@@H](CCCC)C(=O)N[C@@H](C)C(=O)O)C(C)C)[C@@H](C)O. The van der Waals surface area contributed by atoms with Gasteiger partial charge in [-0.1, -0.05) is 190 Å². The Morgan fingerprint density at radius 1 is 0.368 bits per heavy atom. The summed E-state index contributed by atoms with van der Waals surface area (Å²) in [6.07, 6.45) is 8.74. The second-order valence-corrected chi connectivity index (χ2v) is 36.1. The molecule has 14 amide bonds. The van der Waals surface area contributed by atoms with Crippen LogP contribution in [0.4, 0.5) is 0 Å². The van der Waals surface area contributed by atoms with E-state index in [0.717, 1.165) is 32.1 Å². The number of carboxylic acids is 4. The Morgan fingerprint density at radius 2 is 0.714 bits per heavy atom. The van der Waals surface area contributed by atoms with Crippen molar-refractivity contribution in [2.24, 2.45) is 35.3 Å². The Hall–Kier alpha value is -11.9. The smallest absolute Gasteiger partial charge is 0.325 e. The lowest BCUT2D eigenvalue weighted by molar-refractivity contribution is -0.142. The van der Waals surface area contributed by atoms with E-state index in [1.807, 2.05) is 0 Å². The van der Waals surface area contributed by atoms with Crippen molar-refractivity contribution in [2.45, 2.75) is 367 Å². The Morgan fingerprint density at radius 3 is 1.11 bits per heavy atom. The van der Waals surface area contributed by atoms with E-state index in [2.05, 4.69) is 96.6 Å². The molecule has 748 valence electrons. The van der Waals surface area contributed by atoms with Gasteiger partial charge in [0, 0.05) is 44.8 Å². The van der Waals surface area contributed by atoms with Gasteiger partial charge in [-0.25, -0.2) is 4.98 Å². The van der Waals surface area contributed by atoms with Crippen molar-refractivity contribution in [3.05, 3.63) is 54.1 Å². The van der Waals surface area contributed by atoms with E-state index >= 15 is 9.59 Å². The maximum Gasteiger partial charge on any atom is 0.325 e. The van der Waals surface area contributed by atoms with Crippen molar-refractivity contribution < 1.29 is 112 Å². The lowest BCUT2D eigenvalue weighted by Crippen LogP contribution is -2.62. The Bertz CT molecular complexity index is 4060. The molecule has 0 unspecified atom stereocenters. The van der Waals surface area contributed by atoms with Gasteiger partial charge in [0.1, 0.15) is 84.6 Å². The van der Waals surface area contributed by atoms with Gasteiger partial charge in [0.15, 0.2) is 5.96 Å². The van der Waals surface area contributed by atoms with E-state index < -0.39 is 241 Å². The molecule has 1 aromatic carbocycles. The number of nitrogens with two attached hydrogens (primary N) is 1. The van der Waals surface area contributed by atoms with Gasteiger partial charge in [-0.2, -0.15) is 0 Å². The first kappa shape index (κ1) is 117. The minimum absolute atomic E-state index is 0.00873. The molecular weight excluding hydrogens is 1730 g/mol. The van der Waals surface area contributed by atoms with Crippen LogP contribution in [0.5, 0.6) is 0 Å². The normalized spacial score (nSPS) is 14.7. The van der Waals surface area contributed by atoms with E-state index in [-0.39, 0.29) is 100 Å². The molecule has 2 aromatic rings. The summed E-state index contributed by atoms with van der Waals surface area (Å²) >= 11 is 0. The molecule has 133 heavy (non-hydrogen) atoms. The first-order valence-corrected chi connectivity index (χ1v) is 46.6. The number of unbranched alkanes of at least 4 members (excludes halogenated alkanes) is 11. The Balaban J connectivity index is 2.60. The minimum atomic E-state index is -1.84. The molecule has 2 rings (SSSR count). The van der Waals surface area contributed by atoms with Crippen molar-refractivity contribution in [1.29, 1.82) is 5.41 Å². The summed E-state index contributed by atoms with van der Waals surface area (Å²) in [5.41, 5.74) is 6.28. The van der Waals surface area contributed by atoms with Gasteiger partial charge < -0.3 is 116 Å². The molecule has 0 bridgehead atoms. The molecule has 24 N–H and O–H groups in total. The van der Waals surface area contributed by atoms with Crippen LogP contribution in [-0.2, 0) is 99.1 Å². The van der Waals surface area contributed by atoms with Gasteiger partial charge in [0.25, 0.3) is 0 Å². The van der Waals surface area contributed by atoms with E-state index in [1.54, 1.807) is 92.6 Å². The number of nitrogens with zero attached hydrogens (tertiary/aromatic N) is 1. The molecule has 0 aliphatic carbocycles. The third-order valence-corrected chi connectivity index (χ3v) is 21.6. The largest absolute Gasteiger partial charge is 0.481 e. The van der Waals surface area contributed by atoms with Gasteiger partial charge >= 0.3 is 23.9 Å². The third-order valence-electron chi connectivity index (χ3n) is 21.6. The molecule has 0 aliphatic heterocycles. The number of amides is 14. The second-order valence-electron chi connectivity index (χ2n) is 36.1. The monoisotopic (exact) mass is 1880 g/mol. The van der Waals surface area contributed by atoms with Gasteiger partial charge in [0.2, 0.25) is 82.7 Å². The van der Waals surface area contributed by atoms with E-state index in [0.29, 0.717) is 24.8 Å². The molecule has 42 nitrogen and oxygen atoms in total. The zero-order chi connectivity index (χ0) is 100. The topological polar surface area (TPSA) is 667 Å². The zero-order valence-corrected chi connectivity index (χ0v) is 79.7. The first-order valence-electron chi connectivity index (χ1n) is 46.6. The maximum absolute atomic E-state index is 15.0. The van der Waals surface area contributed by atoms with Crippen LogP contribution >= 0.6 is 0 Å². The van der Waals surface area contributed by atoms with Crippen molar-refractivity contribution in [3.63, 3.8) is 0 Å². The summed E-state index contributed by atoms with van der Waals surface area (Å²) < 4.78 is 0. The molecular formula is C91H151N19O23. The summed E-state index contributed by atoms with van der Waals surface area (Å²) in [7, 11) is 0. The van der Waals surface area contributed by atoms with Crippen LogP contribution in [0.2, 0.25) is 0 Å². The molecule has 0 aliphatic rings. The first-order chi connectivity index (χ1) is 62.7. The highest BCUT2D eigenvalue weighted by Gasteiger charge is 2.41. The number of carbonyl (C=O) groups is 18. The predicted molar refractivity (Wildman–Crippen MR) is 493 cm³/mol. The fourth-order valence-electron chi connectivity index (χ4n) is 14.4. The number of aliphatic hydroxyl groups is 1. The number of aliphatic hydroxyl groups excluding tert-OH is 1. The summed E-state index contributed by atoms with van der Waals surface area (Å²) in [6, 6.07) is -13.6. The van der Waals surface area contributed by atoms with Crippen LogP contribution in [0.15, 0.2) is 42.9 Å². The number of rotatable bonds is 69. The number of guanidine groups is 1. The molecule has 15 atom stereocenters. The highest BCUT2D eigenvalue weighted by atomic mass is 16.4. The zero-order valence-electron chi connectivity index (χ0n) is 79.7. The van der Waals surface area contributed by atoms with Gasteiger partial charge in [-0.3, -0.25) is 91.7 Å². The van der Waals surface area contributed by atoms with Crippen LogP contribution in [0.25, 0.3) is 0 Å². The molecule has 42 heteroatoms. The number of aromatic amines is 1. The fraction of sp³-hybridized carbons (Fsp3) is 0.692. The lowest BCUT2D eigenvalue weighted by Gasteiger charge is -2.30. The summed E-state index contributed by atoms with van der Waals surface area (Å²) in [6.45, 7) is 23.1. The standard InChI is InChI=1S/C91H151N19O23/c1-15-17-19-20-21-22-23-24-25-26-30-36-71(112)98-70(48-74(117)118)86(128)105-67(45-54(9)10)87(129)110-76(57(14)111)89(131)108-68(46-58-32-28-27-29-33-58)84(126)106-69(47-59-49-94-50-96-59)85(127)104-65(43-52(5)6)83(125)103-64(42-51(3)4)81(123)100-61(35-31-41-95-91(92)93)78(120)101-63(38-40-73(115)116)80(122)109-75(55(11)12)88(130)107-66(44-53(7)8)82(124)102-62(37-39-72(113)114)79(121)99-60(34-18-16-2)77(119)97-56(13)90(132)133/h27-29,32-33,49-57,60-70,75-76,111H,15-26,30-31,34-48H2,1-14H3,(H,94,96)(H,97,119)(H,98,112)(H,99,121)(H,100,123)(H,101,120)(H,102,124)(H,103,125)(H,104,127)(H,105,128)(H,106,126)(H,107,130)(H,108,131)(H,109,122)(H,110,129)(H,113,114)(H,115,116)(H,117,118)(H,132,133)(H4,92,93,95)/t56-,57+,60-,61-,62-,63-,64-,65-,66-,67-,68+,69-,70-,75-,76-/m0/s1. The summed E-state index contributed by atoms with van der Waals surface area (Å²) in [5, 5.41) is 96.2. The van der Waals surface area contributed by atoms with E-state index in [4.69, 9.17) is 11.1 Å². The van der Waals surface area contributed by atoms with Crippen molar-refractivity contribution >= 4 is 113 Å². The molecule has 0 spiro atoms. The van der Waals surface area contributed by atoms with Crippen molar-refractivity contribution in [2.75, 3.05) is 6.54 Å². The van der Waals surface area contributed by atoms with Crippen molar-refractivity contribution in [3.8, 4) is 0 Å². The quantitative estimate of drug-likeness (QED) is 0.0257. The van der Waals surface area contributed by atoms with Crippen LogP contribution in [0, 0.1) is 35.0 Å². The van der Waals surface area contributed by atoms with E-state index in [1.165, 1.54) is 72.3 Å². The Kier molecular flexibility index (Phi) is 55.8. The van der Waals surface area contributed by atoms with Gasteiger partial charge in [-0.15, -0.1) is 0 Å². The van der Waals surface area contributed by atoms with Crippen molar-refractivity contribution in [1.82, 2.24) is 89.7 Å². The summed E-state index contributed by atoms with van der Waals surface area (Å²) in [4.78, 5) is 256. The number of hydrogen-bond donors (Lipinski definition) is 23. The highest BCUT2D eigenvalue weighted by molar-refractivity contribution is 6.01. The molecule has 0 fully saturated rings. The second kappa shape index (κ2) is 63.3. The molecule has 0 saturated heterocycles. The number of hydrogen-bond acceptors (Lipinski definition) is 21. The van der Waals surface area contributed by atoms with Gasteiger partial charge in [-0.05, 0) is 113 Å². The average Bonchev–Trinajstić information content (AvgIpc) is 1.62. The minimum Gasteiger partial charge on any atom is -0.481 e. The number of imidazole rings is 1. The Labute approximate surface area is 779 Å². The number of carboxylic acid groups (broad SMARTS) is 4. The predicted octanol–water partition coefficient (Wildman–Crippen LogP) is 2.67. The van der Waals surface area contributed by atoms with Crippen LogP contribution in [-0.4, -0.2) is 245 Å². The van der Waals surface area contributed by atoms with Crippen LogP contribution < -0.4 is 85.5 Å². The maximum atomic E-state index is 15.0. The lowest BCUT2D eigenvalue weighted by atomic mass is 9.98. The number of nitrogens with one attached hydrogen (secondary N) is 17. The molecule has 1 aromatic heterocycles. The average molecular weight is 1880 g/mol. The van der Waals surface area contributed by atoms with Gasteiger partial charge in [0.05, 0.1) is 24.5 Å². The number of aliphatic carboxylic acids is 4.